The van der Waals surface area contributed by atoms with Gasteiger partial charge in [-0.25, -0.2) is 0 Å². The summed E-state index contributed by atoms with van der Waals surface area (Å²) in [5, 5.41) is 6.36. The van der Waals surface area contributed by atoms with Crippen molar-refractivity contribution in [2.45, 2.75) is 72.6 Å². The van der Waals surface area contributed by atoms with E-state index >= 15 is 0 Å². The standard InChI is InChI=1S/C31H36ClNO.C8H8O.C3H9NO3S/c1-21-19-27(32)15-18-29(21)25-11-16-28(17-12-25)33-30(34)20-22-5-7-23(8-6-22)24-9-13-26(14-10-24)31(2,3)4;1-7-2-4-8(6-9)5-3-7;1-4-2-3-8(5,6)7/h5-8,11-12,15-19,24,26H,9-10,13-14,20H2,1-4H3,(H,33,34);2-6H,1H3;4H,2-3H2,1H3,(H,5,6,7). The highest BCUT2D eigenvalue weighted by molar-refractivity contribution is 7.85. The van der Waals surface area contributed by atoms with Crippen molar-refractivity contribution in [1.82, 2.24) is 5.32 Å². The predicted octanol–water partition coefficient (Wildman–Crippen LogP) is 9.72. The lowest BCUT2D eigenvalue weighted by Gasteiger charge is -2.37. The smallest absolute Gasteiger partial charge is 0.266 e. The molecular weight excluding hydrogens is 680 g/mol. The van der Waals surface area contributed by atoms with E-state index < -0.39 is 10.1 Å². The molecule has 1 aliphatic carbocycles. The zero-order valence-electron chi connectivity index (χ0n) is 30.7. The Bertz CT molecular complexity index is 1790. The summed E-state index contributed by atoms with van der Waals surface area (Å²) in [7, 11) is -2.13. The van der Waals surface area contributed by atoms with Crippen LogP contribution in [0.1, 0.15) is 85.0 Å². The van der Waals surface area contributed by atoms with E-state index in [1.165, 1.54) is 36.8 Å². The van der Waals surface area contributed by atoms with Crippen molar-refractivity contribution in [3.05, 3.63) is 124 Å². The number of carbonyl (C=O) groups is 2. The Hall–Kier alpha value is -3.82. The van der Waals surface area contributed by atoms with E-state index in [0.29, 0.717) is 24.3 Å². The summed E-state index contributed by atoms with van der Waals surface area (Å²) in [6, 6.07) is 30.1. The van der Waals surface area contributed by atoms with Crippen LogP contribution in [0.2, 0.25) is 5.02 Å². The van der Waals surface area contributed by atoms with Gasteiger partial charge in [0, 0.05) is 22.8 Å². The van der Waals surface area contributed by atoms with E-state index in [1.807, 2.05) is 73.7 Å². The molecule has 4 aromatic rings. The summed E-state index contributed by atoms with van der Waals surface area (Å²) in [6.45, 7) is 11.4. The molecule has 0 aromatic heterocycles. The fourth-order valence-corrected chi connectivity index (χ4v) is 6.84. The number of benzene rings is 4. The SMILES string of the molecule is CNCCS(=O)(=O)O.Cc1cc(Cl)ccc1-c1ccc(NC(=O)Cc2ccc(C3CCC(C(C)(C)C)CC3)cc2)cc1.Cc1ccc(C=O)cc1. The summed E-state index contributed by atoms with van der Waals surface area (Å²) < 4.78 is 27.9. The van der Waals surface area contributed by atoms with Crippen LogP contribution in [0, 0.1) is 25.2 Å². The van der Waals surface area contributed by atoms with Crippen molar-refractivity contribution in [3.8, 4) is 11.1 Å². The maximum atomic E-state index is 12.6. The van der Waals surface area contributed by atoms with Crippen LogP contribution in [0.3, 0.4) is 0 Å². The molecule has 1 amide bonds. The van der Waals surface area contributed by atoms with E-state index in [9.17, 15) is 18.0 Å². The highest BCUT2D eigenvalue weighted by Gasteiger charge is 2.30. The lowest BCUT2D eigenvalue weighted by atomic mass is 9.68. The van der Waals surface area contributed by atoms with Crippen LogP contribution in [-0.4, -0.2) is 44.5 Å². The number of amides is 1. The van der Waals surface area contributed by atoms with E-state index in [2.05, 4.69) is 62.6 Å². The van der Waals surface area contributed by atoms with Crippen LogP contribution in [0.25, 0.3) is 11.1 Å². The second kappa shape index (κ2) is 19.7. The number of halogens is 1. The number of hydrogen-bond acceptors (Lipinski definition) is 5. The Morgan fingerprint density at radius 3 is 1.98 bits per heavy atom. The first kappa shape index (κ1) is 41.6. The molecule has 0 spiro atoms. The Morgan fingerprint density at radius 2 is 1.49 bits per heavy atom. The third-order valence-corrected chi connectivity index (χ3v) is 10.2. The average molecular weight is 733 g/mol. The summed E-state index contributed by atoms with van der Waals surface area (Å²) >= 11 is 6.07. The Labute approximate surface area is 310 Å². The van der Waals surface area contributed by atoms with Crippen molar-refractivity contribution in [1.29, 1.82) is 0 Å². The number of nitrogens with one attached hydrogen (secondary N) is 2. The van der Waals surface area contributed by atoms with Gasteiger partial charge < -0.3 is 10.6 Å². The molecule has 3 N–H and O–H groups in total. The van der Waals surface area contributed by atoms with Gasteiger partial charge >= 0.3 is 0 Å². The molecule has 1 saturated carbocycles. The van der Waals surface area contributed by atoms with Gasteiger partial charge in [-0.15, -0.1) is 0 Å². The fourth-order valence-electron chi connectivity index (χ4n) is 6.15. The molecule has 4 aromatic carbocycles. The van der Waals surface area contributed by atoms with Gasteiger partial charge in [-0.3, -0.25) is 14.1 Å². The van der Waals surface area contributed by atoms with Crippen molar-refractivity contribution in [3.63, 3.8) is 0 Å². The quantitative estimate of drug-likeness (QED) is 0.117. The number of carbonyl (C=O) groups excluding carboxylic acids is 2. The minimum atomic E-state index is -3.75. The number of aryl methyl sites for hydroxylation is 2. The normalized spacial score (nSPS) is 15.8. The number of rotatable bonds is 9. The minimum absolute atomic E-state index is 0.00820. The zero-order chi connectivity index (χ0) is 37.6. The molecule has 0 unspecified atom stereocenters. The Kier molecular flexibility index (Phi) is 16.1. The molecule has 1 aliphatic rings. The second-order valence-corrected chi connectivity index (χ2v) is 16.3. The Balaban J connectivity index is 0.000000338. The molecule has 7 nitrogen and oxygen atoms in total. The van der Waals surface area contributed by atoms with Gasteiger partial charge in [0.25, 0.3) is 10.1 Å². The molecule has 51 heavy (non-hydrogen) atoms. The highest BCUT2D eigenvalue weighted by Crippen LogP contribution is 2.43. The molecule has 274 valence electrons. The van der Waals surface area contributed by atoms with Gasteiger partial charge in [0.15, 0.2) is 0 Å². The van der Waals surface area contributed by atoms with Gasteiger partial charge in [-0.1, -0.05) is 105 Å². The third-order valence-electron chi connectivity index (χ3n) is 9.26. The molecule has 1 fully saturated rings. The summed E-state index contributed by atoms with van der Waals surface area (Å²) in [4.78, 5) is 22.7. The van der Waals surface area contributed by atoms with Gasteiger partial charge in [-0.05, 0) is 116 Å². The molecular formula is C42H53ClN2O5S. The number of aldehydes is 1. The maximum Gasteiger partial charge on any atom is 0.266 e. The number of anilines is 1. The molecule has 0 radical (unpaired) electrons. The maximum absolute atomic E-state index is 12.6. The lowest BCUT2D eigenvalue weighted by Crippen LogP contribution is -2.25. The summed E-state index contributed by atoms with van der Waals surface area (Å²) in [6.07, 6.45) is 6.40. The van der Waals surface area contributed by atoms with Gasteiger partial charge in [0.1, 0.15) is 6.29 Å². The number of hydrogen-bond donors (Lipinski definition) is 3. The van der Waals surface area contributed by atoms with Crippen LogP contribution < -0.4 is 10.6 Å². The van der Waals surface area contributed by atoms with Crippen molar-refractivity contribution in [2.24, 2.45) is 11.3 Å². The van der Waals surface area contributed by atoms with Crippen LogP contribution in [0.4, 0.5) is 5.69 Å². The van der Waals surface area contributed by atoms with E-state index in [0.717, 1.165) is 50.7 Å². The van der Waals surface area contributed by atoms with E-state index in [1.54, 1.807) is 7.05 Å². The zero-order valence-corrected chi connectivity index (χ0v) is 32.3. The average Bonchev–Trinajstić information content (AvgIpc) is 3.08. The van der Waals surface area contributed by atoms with Crippen molar-refractivity contribution in [2.75, 3.05) is 24.7 Å². The third kappa shape index (κ3) is 14.7. The molecule has 0 aliphatic heterocycles. The highest BCUT2D eigenvalue weighted by atomic mass is 35.5. The first-order valence-corrected chi connectivity index (χ1v) is 19.4. The molecule has 9 heteroatoms. The van der Waals surface area contributed by atoms with Crippen molar-refractivity contribution < 1.29 is 22.6 Å². The van der Waals surface area contributed by atoms with E-state index in [-0.39, 0.29) is 11.7 Å². The largest absolute Gasteiger partial charge is 0.326 e. The van der Waals surface area contributed by atoms with E-state index in [4.69, 9.17) is 16.2 Å². The Morgan fingerprint density at radius 1 is 0.882 bits per heavy atom. The van der Waals surface area contributed by atoms with Crippen LogP contribution >= 0.6 is 11.6 Å². The van der Waals surface area contributed by atoms with Crippen molar-refractivity contribution >= 4 is 39.6 Å². The predicted molar refractivity (Wildman–Crippen MR) is 211 cm³/mol. The van der Waals surface area contributed by atoms with Crippen LogP contribution in [0.15, 0.2) is 91.0 Å². The minimum Gasteiger partial charge on any atom is -0.326 e. The fraction of sp³-hybridized carbons (Fsp3) is 0.381. The van der Waals surface area contributed by atoms with Crippen LogP contribution in [0.5, 0.6) is 0 Å². The first-order chi connectivity index (χ1) is 24.1. The lowest BCUT2D eigenvalue weighted by molar-refractivity contribution is -0.115. The van der Waals surface area contributed by atoms with Crippen LogP contribution in [-0.2, 0) is 21.3 Å². The topological polar surface area (TPSA) is 113 Å². The monoisotopic (exact) mass is 732 g/mol. The second-order valence-electron chi connectivity index (χ2n) is 14.3. The van der Waals surface area contributed by atoms with Gasteiger partial charge in [0.05, 0.1) is 12.2 Å². The first-order valence-electron chi connectivity index (χ1n) is 17.4. The molecule has 0 bridgehead atoms. The molecule has 5 rings (SSSR count). The summed E-state index contributed by atoms with van der Waals surface area (Å²) in [5.74, 6) is 1.28. The molecule has 0 atom stereocenters. The molecule has 0 saturated heterocycles. The van der Waals surface area contributed by atoms with Gasteiger partial charge in [-0.2, -0.15) is 8.42 Å². The van der Waals surface area contributed by atoms with Gasteiger partial charge in [0.2, 0.25) is 5.91 Å². The summed E-state index contributed by atoms with van der Waals surface area (Å²) in [5.41, 5.74) is 9.01. The molecule has 0 heterocycles.